The summed E-state index contributed by atoms with van der Waals surface area (Å²) in [5, 5.41) is 18.6. The number of hydrogen-bond acceptors (Lipinski definition) is 2. The van der Waals surface area contributed by atoms with Gasteiger partial charge in [0.25, 0.3) is 0 Å². The van der Waals surface area contributed by atoms with E-state index in [-0.39, 0.29) is 6.10 Å². The zero-order chi connectivity index (χ0) is 22.1. The molecule has 0 aromatic carbocycles. The molecule has 1 atom stereocenters. The summed E-state index contributed by atoms with van der Waals surface area (Å²) in [6.45, 7) is 2.27. The van der Waals surface area contributed by atoms with Gasteiger partial charge in [0, 0.05) is 6.42 Å². The van der Waals surface area contributed by atoms with E-state index in [4.69, 9.17) is 5.11 Å². The average Bonchev–Trinajstić information content (AvgIpc) is 2.72. The van der Waals surface area contributed by atoms with Crippen LogP contribution in [0.2, 0.25) is 0 Å². The lowest BCUT2D eigenvalue weighted by molar-refractivity contribution is -0.137. The van der Waals surface area contributed by atoms with Crippen molar-refractivity contribution >= 4 is 5.97 Å². The molecule has 0 heterocycles. The van der Waals surface area contributed by atoms with E-state index >= 15 is 0 Å². The lowest BCUT2D eigenvalue weighted by atomic mass is 10.0. The predicted octanol–water partition coefficient (Wildman–Crippen LogP) is 8.37. The molecular formula is C27H50O3. The first-order valence-electron chi connectivity index (χ1n) is 12.9. The molecule has 2 N–H and O–H groups in total. The minimum Gasteiger partial charge on any atom is -0.481 e. The molecule has 0 rings (SSSR count). The molecule has 0 aliphatic heterocycles. The van der Waals surface area contributed by atoms with Crippen LogP contribution in [-0.2, 0) is 4.79 Å². The topological polar surface area (TPSA) is 57.5 Å². The molecule has 0 saturated heterocycles. The fraction of sp³-hybridized carbons (Fsp3) is 0.815. The summed E-state index contributed by atoms with van der Waals surface area (Å²) in [6, 6.07) is 0. The number of carbonyl (C=O) groups is 1. The molecular weight excluding hydrogens is 372 g/mol. The van der Waals surface area contributed by atoms with Crippen LogP contribution in [0.25, 0.3) is 0 Å². The Bertz CT molecular complexity index is 414. The van der Waals surface area contributed by atoms with Crippen LogP contribution >= 0.6 is 0 Å². The van der Waals surface area contributed by atoms with Crippen molar-refractivity contribution in [2.24, 2.45) is 0 Å². The Balaban J connectivity index is 3.33. The molecule has 0 bridgehead atoms. The minimum absolute atomic E-state index is 0.223. The molecule has 0 aliphatic rings. The Hall–Kier alpha value is -1.09. The smallest absolute Gasteiger partial charge is 0.303 e. The number of rotatable bonds is 23. The molecule has 1 unspecified atom stereocenters. The summed E-state index contributed by atoms with van der Waals surface area (Å²) in [5.41, 5.74) is 0. The number of hydrogen-bond donors (Lipinski definition) is 2. The third-order valence-electron chi connectivity index (χ3n) is 5.67. The molecule has 0 spiro atoms. The van der Waals surface area contributed by atoms with Crippen LogP contribution in [0.4, 0.5) is 0 Å². The van der Waals surface area contributed by atoms with Crippen molar-refractivity contribution in [2.45, 2.75) is 141 Å². The summed E-state index contributed by atoms with van der Waals surface area (Å²) < 4.78 is 0. The molecule has 0 aromatic rings. The van der Waals surface area contributed by atoms with Crippen molar-refractivity contribution < 1.29 is 15.0 Å². The first-order chi connectivity index (χ1) is 14.7. The monoisotopic (exact) mass is 422 g/mol. The molecule has 0 saturated carbocycles. The van der Waals surface area contributed by atoms with E-state index in [9.17, 15) is 9.90 Å². The summed E-state index contributed by atoms with van der Waals surface area (Å²) in [5.74, 6) is -0.694. The number of aliphatic carboxylic acids is 1. The molecule has 0 aliphatic carbocycles. The largest absolute Gasteiger partial charge is 0.481 e. The van der Waals surface area contributed by atoms with Gasteiger partial charge in [-0.3, -0.25) is 4.79 Å². The second-order valence-electron chi connectivity index (χ2n) is 8.74. The van der Waals surface area contributed by atoms with E-state index in [1.807, 2.05) is 0 Å². The van der Waals surface area contributed by atoms with Crippen LogP contribution in [-0.4, -0.2) is 22.3 Å². The normalized spacial score (nSPS) is 12.9. The molecule has 0 amide bonds. The highest BCUT2D eigenvalue weighted by atomic mass is 16.4. The zero-order valence-corrected chi connectivity index (χ0v) is 19.8. The van der Waals surface area contributed by atoms with E-state index < -0.39 is 5.97 Å². The second-order valence-corrected chi connectivity index (χ2v) is 8.74. The van der Waals surface area contributed by atoms with Gasteiger partial charge in [0.1, 0.15) is 0 Å². The highest BCUT2D eigenvalue weighted by Gasteiger charge is 2.01. The van der Waals surface area contributed by atoms with Crippen LogP contribution in [0, 0.1) is 0 Å². The number of carboxylic acid groups (broad SMARTS) is 1. The van der Waals surface area contributed by atoms with Crippen LogP contribution in [0.1, 0.15) is 135 Å². The maximum absolute atomic E-state index is 10.4. The van der Waals surface area contributed by atoms with Gasteiger partial charge in [-0.2, -0.15) is 0 Å². The fourth-order valence-electron chi connectivity index (χ4n) is 3.70. The standard InChI is InChI=1S/C27H50O3/c1-2-3-4-5-6-7-8-9-10-11-12-13-14-17-20-23-26(28)24-21-18-15-16-19-22-25-27(29)30/h12-13,17,20,26,28H,2-11,14-16,18-19,21-25H2,1H3,(H,29,30). The van der Waals surface area contributed by atoms with Crippen molar-refractivity contribution in [1.29, 1.82) is 0 Å². The van der Waals surface area contributed by atoms with Crippen molar-refractivity contribution in [3.63, 3.8) is 0 Å². The lowest BCUT2D eigenvalue weighted by Crippen LogP contribution is -2.04. The summed E-state index contributed by atoms with van der Waals surface area (Å²) >= 11 is 0. The van der Waals surface area contributed by atoms with E-state index in [0.717, 1.165) is 57.8 Å². The second kappa shape index (κ2) is 24.2. The SMILES string of the molecule is CCCCCCCCCCCC=CCC=CCC(O)CCCCCCCCC(=O)O. The number of aliphatic hydroxyl groups excluding tert-OH is 1. The van der Waals surface area contributed by atoms with Gasteiger partial charge < -0.3 is 10.2 Å². The first kappa shape index (κ1) is 28.9. The van der Waals surface area contributed by atoms with Gasteiger partial charge in [0.15, 0.2) is 0 Å². The van der Waals surface area contributed by atoms with Crippen molar-refractivity contribution in [2.75, 3.05) is 0 Å². The Morgan fingerprint density at radius 3 is 1.87 bits per heavy atom. The predicted molar refractivity (Wildman–Crippen MR) is 130 cm³/mol. The number of aliphatic hydroxyl groups is 1. The fourth-order valence-corrected chi connectivity index (χ4v) is 3.70. The van der Waals surface area contributed by atoms with E-state index in [2.05, 4.69) is 31.2 Å². The van der Waals surface area contributed by atoms with Gasteiger partial charge in [-0.15, -0.1) is 0 Å². The number of carboxylic acids is 1. The van der Waals surface area contributed by atoms with Crippen LogP contribution in [0.3, 0.4) is 0 Å². The van der Waals surface area contributed by atoms with Crippen LogP contribution in [0.15, 0.2) is 24.3 Å². The Kier molecular flexibility index (Phi) is 23.3. The van der Waals surface area contributed by atoms with E-state index in [1.165, 1.54) is 64.2 Å². The van der Waals surface area contributed by atoms with Gasteiger partial charge >= 0.3 is 5.97 Å². The molecule has 0 radical (unpaired) electrons. The number of allylic oxidation sites excluding steroid dienone is 3. The van der Waals surface area contributed by atoms with Crippen molar-refractivity contribution in [3.8, 4) is 0 Å². The highest BCUT2D eigenvalue weighted by Crippen LogP contribution is 2.12. The Morgan fingerprint density at radius 2 is 1.23 bits per heavy atom. The maximum atomic E-state index is 10.4. The molecule has 0 fully saturated rings. The average molecular weight is 423 g/mol. The first-order valence-corrected chi connectivity index (χ1v) is 12.9. The van der Waals surface area contributed by atoms with Gasteiger partial charge in [-0.05, 0) is 38.5 Å². The van der Waals surface area contributed by atoms with Crippen molar-refractivity contribution in [1.82, 2.24) is 0 Å². The number of unbranched alkanes of at least 4 members (excludes halogenated alkanes) is 14. The highest BCUT2D eigenvalue weighted by molar-refractivity contribution is 5.66. The molecule has 3 heteroatoms. The molecule has 0 aromatic heterocycles. The molecule has 176 valence electrons. The van der Waals surface area contributed by atoms with E-state index in [1.54, 1.807) is 0 Å². The van der Waals surface area contributed by atoms with Crippen LogP contribution < -0.4 is 0 Å². The Labute approximate surface area is 187 Å². The van der Waals surface area contributed by atoms with Crippen molar-refractivity contribution in [3.05, 3.63) is 24.3 Å². The maximum Gasteiger partial charge on any atom is 0.303 e. The van der Waals surface area contributed by atoms with Gasteiger partial charge in [-0.25, -0.2) is 0 Å². The van der Waals surface area contributed by atoms with E-state index in [0.29, 0.717) is 6.42 Å². The van der Waals surface area contributed by atoms with Gasteiger partial charge in [0.2, 0.25) is 0 Å². The zero-order valence-electron chi connectivity index (χ0n) is 19.8. The summed E-state index contributed by atoms with van der Waals surface area (Å²) in [6.07, 6.45) is 31.4. The third kappa shape index (κ3) is 24.9. The minimum atomic E-state index is -0.694. The molecule has 3 nitrogen and oxygen atoms in total. The molecule has 30 heavy (non-hydrogen) atoms. The lowest BCUT2D eigenvalue weighted by Gasteiger charge is -2.07. The summed E-state index contributed by atoms with van der Waals surface area (Å²) in [7, 11) is 0. The van der Waals surface area contributed by atoms with Crippen LogP contribution in [0.5, 0.6) is 0 Å². The quantitative estimate of drug-likeness (QED) is 0.128. The van der Waals surface area contributed by atoms with Gasteiger partial charge in [-0.1, -0.05) is 115 Å². The Morgan fingerprint density at radius 1 is 0.700 bits per heavy atom. The third-order valence-corrected chi connectivity index (χ3v) is 5.67. The summed E-state index contributed by atoms with van der Waals surface area (Å²) in [4.78, 5) is 10.4. The van der Waals surface area contributed by atoms with Gasteiger partial charge in [0.05, 0.1) is 6.10 Å².